The molecule has 0 amide bonds. The summed E-state index contributed by atoms with van der Waals surface area (Å²) in [7, 11) is 0. The molecule has 1 fully saturated rings. The summed E-state index contributed by atoms with van der Waals surface area (Å²) in [5.74, 6) is 0. The van der Waals surface area contributed by atoms with Gasteiger partial charge < -0.3 is 0 Å². The van der Waals surface area contributed by atoms with Crippen molar-refractivity contribution in [2.45, 2.75) is 65.7 Å². The van der Waals surface area contributed by atoms with Crippen molar-refractivity contribution >= 4 is 0 Å². The fourth-order valence-electron chi connectivity index (χ4n) is 2.62. The molecule has 14 heavy (non-hydrogen) atoms. The topological polar surface area (TPSA) is 6.48 Å². The molecule has 0 unspecified atom stereocenters. The van der Waals surface area contributed by atoms with Crippen LogP contribution in [0.15, 0.2) is 0 Å². The van der Waals surface area contributed by atoms with Gasteiger partial charge in [-0.1, -0.05) is 0 Å². The van der Waals surface area contributed by atoms with E-state index in [4.69, 9.17) is 0 Å². The standard InChI is InChI=1S/C12H26N2/c1-9(2)13-7-12(6)14(10(3)4)8-11(13)5/h9-12H,7-8H2,1-6H3/t11-,12-/m0/s1. The number of piperazine rings is 1. The lowest BCUT2D eigenvalue weighted by Gasteiger charge is -2.47. The fraction of sp³-hybridized carbons (Fsp3) is 1.00. The molecule has 0 aromatic rings. The summed E-state index contributed by atoms with van der Waals surface area (Å²) in [5.41, 5.74) is 0. The Kier molecular flexibility index (Phi) is 3.96. The predicted molar refractivity (Wildman–Crippen MR) is 62.6 cm³/mol. The molecule has 0 aromatic carbocycles. The van der Waals surface area contributed by atoms with Gasteiger partial charge in [-0.15, -0.1) is 0 Å². The lowest BCUT2D eigenvalue weighted by atomic mass is 10.0. The molecule has 0 aliphatic carbocycles. The Bertz CT molecular complexity index is 157. The van der Waals surface area contributed by atoms with Crippen molar-refractivity contribution in [1.82, 2.24) is 9.80 Å². The van der Waals surface area contributed by atoms with Crippen molar-refractivity contribution in [3.05, 3.63) is 0 Å². The van der Waals surface area contributed by atoms with Gasteiger partial charge in [0.1, 0.15) is 0 Å². The lowest BCUT2D eigenvalue weighted by molar-refractivity contribution is 0.00740. The molecule has 1 aliphatic heterocycles. The van der Waals surface area contributed by atoms with Crippen molar-refractivity contribution in [3.8, 4) is 0 Å². The molecule has 0 radical (unpaired) electrons. The Morgan fingerprint density at radius 2 is 1.07 bits per heavy atom. The van der Waals surface area contributed by atoms with E-state index in [-0.39, 0.29) is 0 Å². The van der Waals surface area contributed by atoms with Gasteiger partial charge in [0.15, 0.2) is 0 Å². The van der Waals surface area contributed by atoms with Gasteiger partial charge in [0, 0.05) is 37.3 Å². The molecular formula is C12H26N2. The maximum atomic E-state index is 2.61. The van der Waals surface area contributed by atoms with Crippen LogP contribution < -0.4 is 0 Å². The van der Waals surface area contributed by atoms with Crippen LogP contribution >= 0.6 is 0 Å². The van der Waals surface area contributed by atoms with E-state index < -0.39 is 0 Å². The maximum absolute atomic E-state index is 2.61. The highest BCUT2D eigenvalue weighted by Crippen LogP contribution is 2.19. The Morgan fingerprint density at radius 1 is 0.786 bits per heavy atom. The van der Waals surface area contributed by atoms with Crippen molar-refractivity contribution in [2.75, 3.05) is 13.1 Å². The third kappa shape index (κ3) is 2.48. The quantitative estimate of drug-likeness (QED) is 0.671. The minimum atomic E-state index is 0.682. The van der Waals surface area contributed by atoms with E-state index in [0.29, 0.717) is 24.2 Å². The minimum Gasteiger partial charge on any atom is -0.295 e. The average molecular weight is 198 g/mol. The second-order valence-corrected chi connectivity index (χ2v) is 5.28. The van der Waals surface area contributed by atoms with Gasteiger partial charge in [-0.05, 0) is 41.5 Å². The van der Waals surface area contributed by atoms with Gasteiger partial charge in [-0.3, -0.25) is 9.80 Å². The number of rotatable bonds is 2. The molecule has 2 atom stereocenters. The molecule has 1 rings (SSSR count). The molecule has 1 saturated heterocycles. The summed E-state index contributed by atoms with van der Waals surface area (Å²) in [4.78, 5) is 5.23. The van der Waals surface area contributed by atoms with Gasteiger partial charge >= 0.3 is 0 Å². The van der Waals surface area contributed by atoms with Gasteiger partial charge in [0.25, 0.3) is 0 Å². The average Bonchev–Trinajstić information content (AvgIpc) is 2.07. The summed E-state index contributed by atoms with van der Waals surface area (Å²) in [6.07, 6.45) is 0. The highest BCUT2D eigenvalue weighted by atomic mass is 15.3. The highest BCUT2D eigenvalue weighted by Gasteiger charge is 2.31. The monoisotopic (exact) mass is 198 g/mol. The normalized spacial score (nSPS) is 31.7. The molecular weight excluding hydrogens is 172 g/mol. The maximum Gasteiger partial charge on any atom is 0.0198 e. The van der Waals surface area contributed by atoms with E-state index >= 15 is 0 Å². The van der Waals surface area contributed by atoms with Crippen LogP contribution in [0.3, 0.4) is 0 Å². The molecule has 1 heterocycles. The smallest absolute Gasteiger partial charge is 0.0198 e. The van der Waals surface area contributed by atoms with Gasteiger partial charge in [0.2, 0.25) is 0 Å². The van der Waals surface area contributed by atoms with Gasteiger partial charge in [-0.2, -0.15) is 0 Å². The minimum absolute atomic E-state index is 0.682. The van der Waals surface area contributed by atoms with Crippen LogP contribution in [0.4, 0.5) is 0 Å². The third-order valence-electron chi connectivity index (χ3n) is 3.41. The first kappa shape index (κ1) is 12.0. The first-order valence-electron chi connectivity index (χ1n) is 5.95. The van der Waals surface area contributed by atoms with Crippen LogP contribution in [0, 0.1) is 0 Å². The van der Waals surface area contributed by atoms with Crippen molar-refractivity contribution in [2.24, 2.45) is 0 Å². The highest BCUT2D eigenvalue weighted by molar-refractivity contribution is 4.87. The van der Waals surface area contributed by atoms with E-state index in [0.717, 1.165) is 0 Å². The molecule has 0 saturated carbocycles. The number of nitrogens with zero attached hydrogens (tertiary/aromatic N) is 2. The molecule has 0 spiro atoms. The van der Waals surface area contributed by atoms with Crippen LogP contribution in [0.5, 0.6) is 0 Å². The van der Waals surface area contributed by atoms with Crippen LogP contribution in [0.1, 0.15) is 41.5 Å². The first-order valence-corrected chi connectivity index (χ1v) is 5.95. The fourth-order valence-corrected chi connectivity index (χ4v) is 2.62. The SMILES string of the molecule is CC(C)N1C[C@H](C)N(C(C)C)C[C@@H]1C. The van der Waals surface area contributed by atoms with E-state index in [2.05, 4.69) is 51.3 Å². The molecule has 0 N–H and O–H groups in total. The Balaban J connectivity index is 2.62. The van der Waals surface area contributed by atoms with Crippen LogP contribution in [-0.4, -0.2) is 47.1 Å². The second kappa shape index (κ2) is 4.63. The molecule has 1 aliphatic rings. The Morgan fingerprint density at radius 3 is 1.29 bits per heavy atom. The first-order chi connectivity index (χ1) is 6.43. The van der Waals surface area contributed by atoms with E-state index in [1.807, 2.05) is 0 Å². The van der Waals surface area contributed by atoms with Crippen LogP contribution in [0.2, 0.25) is 0 Å². The summed E-state index contributed by atoms with van der Waals surface area (Å²) < 4.78 is 0. The molecule has 0 aromatic heterocycles. The predicted octanol–water partition coefficient (Wildman–Crippen LogP) is 2.20. The summed E-state index contributed by atoms with van der Waals surface area (Å²) in [6, 6.07) is 2.77. The Labute approximate surface area is 89.3 Å². The van der Waals surface area contributed by atoms with Crippen molar-refractivity contribution < 1.29 is 0 Å². The molecule has 2 heteroatoms. The number of hydrogen-bond donors (Lipinski definition) is 0. The third-order valence-corrected chi connectivity index (χ3v) is 3.41. The zero-order valence-electron chi connectivity index (χ0n) is 10.6. The molecule has 0 bridgehead atoms. The molecule has 2 nitrogen and oxygen atoms in total. The van der Waals surface area contributed by atoms with Crippen LogP contribution in [0.25, 0.3) is 0 Å². The van der Waals surface area contributed by atoms with E-state index in [1.54, 1.807) is 0 Å². The largest absolute Gasteiger partial charge is 0.295 e. The molecule has 84 valence electrons. The van der Waals surface area contributed by atoms with Crippen molar-refractivity contribution in [3.63, 3.8) is 0 Å². The summed E-state index contributed by atoms with van der Waals surface area (Å²) >= 11 is 0. The lowest BCUT2D eigenvalue weighted by Crippen LogP contribution is -2.59. The number of hydrogen-bond acceptors (Lipinski definition) is 2. The summed E-state index contributed by atoms with van der Waals surface area (Å²) in [6.45, 7) is 16.3. The zero-order chi connectivity index (χ0) is 10.9. The van der Waals surface area contributed by atoms with Crippen LogP contribution in [-0.2, 0) is 0 Å². The summed E-state index contributed by atoms with van der Waals surface area (Å²) in [5, 5.41) is 0. The van der Waals surface area contributed by atoms with Gasteiger partial charge in [-0.25, -0.2) is 0 Å². The second-order valence-electron chi connectivity index (χ2n) is 5.28. The van der Waals surface area contributed by atoms with Crippen molar-refractivity contribution in [1.29, 1.82) is 0 Å². The van der Waals surface area contributed by atoms with E-state index in [1.165, 1.54) is 13.1 Å². The van der Waals surface area contributed by atoms with Gasteiger partial charge in [0.05, 0.1) is 0 Å². The van der Waals surface area contributed by atoms with E-state index in [9.17, 15) is 0 Å². The zero-order valence-corrected chi connectivity index (χ0v) is 10.6. The Hall–Kier alpha value is -0.0800.